The van der Waals surface area contributed by atoms with E-state index in [0.717, 1.165) is 11.3 Å². The van der Waals surface area contributed by atoms with Crippen molar-refractivity contribution in [3.05, 3.63) is 53.6 Å². The third-order valence-corrected chi connectivity index (χ3v) is 5.35. The van der Waals surface area contributed by atoms with Gasteiger partial charge in [-0.15, -0.1) is 0 Å². The molecular formula is C19H24N2O5S. The first-order chi connectivity index (χ1) is 12.8. The van der Waals surface area contributed by atoms with Crippen molar-refractivity contribution < 1.29 is 22.7 Å². The lowest BCUT2D eigenvalue weighted by molar-refractivity contribution is -0.120. The van der Waals surface area contributed by atoms with E-state index in [9.17, 15) is 13.2 Å². The fourth-order valence-electron chi connectivity index (χ4n) is 2.33. The number of methoxy groups -OCH3 is 1. The first-order valence-corrected chi connectivity index (χ1v) is 9.90. The van der Waals surface area contributed by atoms with Gasteiger partial charge >= 0.3 is 0 Å². The first kappa shape index (κ1) is 20.7. The highest BCUT2D eigenvalue weighted by molar-refractivity contribution is 7.89. The van der Waals surface area contributed by atoms with Gasteiger partial charge in [-0.3, -0.25) is 4.79 Å². The maximum atomic E-state index is 12.4. The van der Waals surface area contributed by atoms with E-state index in [2.05, 4.69) is 10.0 Å². The highest BCUT2D eigenvalue weighted by Gasteiger charge is 2.17. The molecular weight excluding hydrogens is 368 g/mol. The van der Waals surface area contributed by atoms with Crippen molar-refractivity contribution in [2.45, 2.75) is 18.7 Å². The third kappa shape index (κ3) is 6.26. The van der Waals surface area contributed by atoms with Crippen LogP contribution in [-0.4, -0.2) is 41.1 Å². The first-order valence-electron chi connectivity index (χ1n) is 8.42. The molecule has 146 valence electrons. The summed E-state index contributed by atoms with van der Waals surface area (Å²) in [6.07, 6.45) is 0. The van der Waals surface area contributed by atoms with Crippen LogP contribution in [0.25, 0.3) is 0 Å². The minimum Gasteiger partial charge on any atom is -0.497 e. The van der Waals surface area contributed by atoms with Gasteiger partial charge in [0, 0.05) is 0 Å². The number of hydrogen-bond acceptors (Lipinski definition) is 5. The van der Waals surface area contributed by atoms with Crippen LogP contribution < -0.4 is 19.5 Å². The van der Waals surface area contributed by atoms with Gasteiger partial charge in [-0.25, -0.2) is 13.1 Å². The van der Waals surface area contributed by atoms with E-state index in [1.54, 1.807) is 50.4 Å². The van der Waals surface area contributed by atoms with E-state index < -0.39 is 15.9 Å². The Labute approximate surface area is 159 Å². The third-order valence-electron chi connectivity index (χ3n) is 3.81. The van der Waals surface area contributed by atoms with Crippen LogP contribution in [0.5, 0.6) is 11.5 Å². The monoisotopic (exact) mass is 392 g/mol. The Bertz CT molecular complexity index is 879. The van der Waals surface area contributed by atoms with E-state index in [0.29, 0.717) is 11.3 Å². The van der Waals surface area contributed by atoms with Crippen molar-refractivity contribution in [1.82, 2.24) is 10.0 Å². The summed E-state index contributed by atoms with van der Waals surface area (Å²) in [5.41, 5.74) is 1.46. The largest absolute Gasteiger partial charge is 0.497 e. The smallest absolute Gasteiger partial charge is 0.241 e. The Morgan fingerprint density at radius 2 is 1.70 bits per heavy atom. The second kappa shape index (κ2) is 9.38. The van der Waals surface area contributed by atoms with Gasteiger partial charge in [-0.2, -0.15) is 0 Å². The van der Waals surface area contributed by atoms with Crippen LogP contribution in [0.15, 0.2) is 47.4 Å². The zero-order valence-electron chi connectivity index (χ0n) is 15.6. The molecule has 2 aromatic carbocycles. The molecule has 0 aliphatic carbocycles. The molecule has 2 rings (SSSR count). The van der Waals surface area contributed by atoms with Crippen LogP contribution in [0.1, 0.15) is 11.1 Å². The summed E-state index contributed by atoms with van der Waals surface area (Å²) in [6.45, 7) is 3.72. The van der Waals surface area contributed by atoms with Crippen LogP contribution >= 0.6 is 0 Å². The van der Waals surface area contributed by atoms with Crippen molar-refractivity contribution in [2.75, 3.05) is 26.8 Å². The average molecular weight is 392 g/mol. The van der Waals surface area contributed by atoms with E-state index in [1.165, 1.54) is 0 Å². The lowest BCUT2D eigenvalue weighted by atomic mass is 10.2. The zero-order valence-corrected chi connectivity index (χ0v) is 16.4. The van der Waals surface area contributed by atoms with Crippen molar-refractivity contribution in [2.24, 2.45) is 0 Å². The molecule has 1 amide bonds. The van der Waals surface area contributed by atoms with Crippen LogP contribution in [0, 0.1) is 13.8 Å². The molecule has 0 unspecified atom stereocenters. The number of hydrogen-bond donors (Lipinski definition) is 2. The van der Waals surface area contributed by atoms with E-state index in [-0.39, 0.29) is 24.6 Å². The zero-order chi connectivity index (χ0) is 19.9. The molecule has 27 heavy (non-hydrogen) atoms. The molecule has 0 radical (unpaired) electrons. The summed E-state index contributed by atoms with van der Waals surface area (Å²) in [7, 11) is -2.16. The summed E-state index contributed by atoms with van der Waals surface area (Å²) in [5.74, 6) is 0.953. The average Bonchev–Trinajstić information content (AvgIpc) is 2.66. The Morgan fingerprint density at radius 1 is 1.04 bits per heavy atom. The van der Waals surface area contributed by atoms with Crippen LogP contribution in [-0.2, 0) is 14.8 Å². The Balaban J connectivity index is 1.76. The Hall–Kier alpha value is -2.58. The topological polar surface area (TPSA) is 93.7 Å². The molecule has 0 saturated heterocycles. The SMILES string of the molecule is COc1ccc(OCCNC(=O)CNS(=O)(=O)c2cc(C)ccc2C)cc1. The number of carbonyl (C=O) groups excluding carboxylic acids is 1. The van der Waals surface area contributed by atoms with Crippen LogP contribution in [0.2, 0.25) is 0 Å². The molecule has 0 atom stereocenters. The second-order valence-corrected chi connectivity index (χ2v) is 7.70. The van der Waals surface area contributed by atoms with Gasteiger partial charge in [0.2, 0.25) is 15.9 Å². The van der Waals surface area contributed by atoms with Crippen LogP contribution in [0.4, 0.5) is 0 Å². The second-order valence-electron chi connectivity index (χ2n) is 5.97. The normalized spacial score (nSPS) is 11.1. The fraction of sp³-hybridized carbons (Fsp3) is 0.316. The van der Waals surface area contributed by atoms with Gasteiger partial charge in [-0.05, 0) is 55.3 Å². The number of carbonyl (C=O) groups is 1. The lowest BCUT2D eigenvalue weighted by Gasteiger charge is -2.11. The predicted octanol–water partition coefficient (Wildman–Crippen LogP) is 1.79. The molecule has 8 heteroatoms. The molecule has 2 aromatic rings. The van der Waals surface area contributed by atoms with Crippen LogP contribution in [0.3, 0.4) is 0 Å². The van der Waals surface area contributed by atoms with Crippen molar-refractivity contribution in [3.63, 3.8) is 0 Å². The van der Waals surface area contributed by atoms with E-state index in [4.69, 9.17) is 9.47 Å². The van der Waals surface area contributed by atoms with Crippen molar-refractivity contribution in [3.8, 4) is 11.5 Å². The quantitative estimate of drug-likeness (QED) is 0.635. The highest BCUT2D eigenvalue weighted by atomic mass is 32.2. The molecule has 0 fully saturated rings. The van der Waals surface area contributed by atoms with Gasteiger partial charge in [0.25, 0.3) is 0 Å². The van der Waals surface area contributed by atoms with Gasteiger partial charge < -0.3 is 14.8 Å². The molecule has 0 spiro atoms. The number of rotatable bonds is 9. The summed E-state index contributed by atoms with van der Waals surface area (Å²) < 4.78 is 37.6. The number of aryl methyl sites for hydroxylation is 2. The Kier molecular flexibility index (Phi) is 7.20. The number of nitrogens with one attached hydrogen (secondary N) is 2. The maximum Gasteiger partial charge on any atom is 0.241 e. The molecule has 0 heterocycles. The summed E-state index contributed by atoms with van der Waals surface area (Å²) >= 11 is 0. The van der Waals surface area contributed by atoms with Gasteiger partial charge in [0.05, 0.1) is 25.1 Å². The molecule has 7 nitrogen and oxygen atoms in total. The highest BCUT2D eigenvalue weighted by Crippen LogP contribution is 2.17. The molecule has 0 aliphatic heterocycles. The standard InChI is InChI=1S/C19H24N2O5S/c1-14-4-5-15(2)18(12-14)27(23,24)21-13-19(22)20-10-11-26-17-8-6-16(25-3)7-9-17/h4-9,12,21H,10-11,13H2,1-3H3,(H,20,22). The molecule has 0 aromatic heterocycles. The van der Waals surface area contributed by atoms with Crippen molar-refractivity contribution in [1.29, 1.82) is 0 Å². The molecule has 2 N–H and O–H groups in total. The summed E-state index contributed by atoms with van der Waals surface area (Å²) in [4.78, 5) is 12.0. The number of ether oxygens (including phenoxy) is 2. The number of benzene rings is 2. The summed E-state index contributed by atoms with van der Waals surface area (Å²) in [6, 6.07) is 12.2. The summed E-state index contributed by atoms with van der Waals surface area (Å²) in [5, 5.41) is 2.61. The fourth-order valence-corrected chi connectivity index (χ4v) is 3.64. The van der Waals surface area contributed by atoms with E-state index >= 15 is 0 Å². The van der Waals surface area contributed by atoms with E-state index in [1.807, 2.05) is 13.0 Å². The minimum absolute atomic E-state index is 0.179. The predicted molar refractivity (Wildman–Crippen MR) is 103 cm³/mol. The molecule has 0 saturated carbocycles. The lowest BCUT2D eigenvalue weighted by Crippen LogP contribution is -2.38. The van der Waals surface area contributed by atoms with Gasteiger partial charge in [0.1, 0.15) is 18.1 Å². The minimum atomic E-state index is -3.74. The van der Waals surface area contributed by atoms with Crippen molar-refractivity contribution >= 4 is 15.9 Å². The molecule has 0 aliphatic rings. The Morgan fingerprint density at radius 3 is 2.37 bits per heavy atom. The van der Waals surface area contributed by atoms with Gasteiger partial charge in [-0.1, -0.05) is 12.1 Å². The van der Waals surface area contributed by atoms with Gasteiger partial charge in [0.15, 0.2) is 0 Å². The maximum absolute atomic E-state index is 12.4. The number of amides is 1. The molecule has 0 bridgehead atoms. The number of sulfonamides is 1.